The van der Waals surface area contributed by atoms with Gasteiger partial charge in [0.05, 0.1) is 11.8 Å². The fourth-order valence-corrected chi connectivity index (χ4v) is 1.63. The molecule has 1 rings (SSSR count). The van der Waals surface area contributed by atoms with Crippen LogP contribution >= 0.6 is 0 Å². The minimum absolute atomic E-state index is 0.239. The van der Waals surface area contributed by atoms with Gasteiger partial charge in [-0.1, -0.05) is 36.8 Å². The van der Waals surface area contributed by atoms with Gasteiger partial charge in [-0.2, -0.15) is 0 Å². The summed E-state index contributed by atoms with van der Waals surface area (Å²) < 4.78 is 0. The van der Waals surface area contributed by atoms with Gasteiger partial charge in [-0.05, 0) is 18.9 Å². The Hall–Kier alpha value is -1.84. The maximum absolute atomic E-state index is 11.1. The van der Waals surface area contributed by atoms with Gasteiger partial charge in [-0.25, -0.2) is 0 Å². The quantitative estimate of drug-likeness (QED) is 0.819. The van der Waals surface area contributed by atoms with E-state index in [1.165, 1.54) is 6.92 Å². The smallest absolute Gasteiger partial charge is 0.307 e. The molecule has 0 amide bonds. The molecule has 4 heteroatoms. The average Bonchev–Trinajstić information content (AvgIpc) is 2.26. The summed E-state index contributed by atoms with van der Waals surface area (Å²) >= 11 is 0. The minimum Gasteiger partial charge on any atom is -0.481 e. The third-order valence-electron chi connectivity index (χ3n) is 2.89. The standard InChI is InChI=1S/C13H16O4/c1-8-3-5-10(6-4-8)7-11(13(16)17)9(2)12(14)15/h3-6,9,11H,7H2,1-2H3,(H,14,15)(H,16,17). The second-order valence-corrected chi connectivity index (χ2v) is 4.26. The van der Waals surface area contributed by atoms with Crippen molar-refractivity contribution < 1.29 is 19.8 Å². The zero-order chi connectivity index (χ0) is 13.0. The fraction of sp³-hybridized carbons (Fsp3) is 0.385. The van der Waals surface area contributed by atoms with Gasteiger partial charge in [0.1, 0.15) is 0 Å². The molecule has 0 radical (unpaired) electrons. The molecule has 2 N–H and O–H groups in total. The molecule has 0 aliphatic carbocycles. The summed E-state index contributed by atoms with van der Waals surface area (Å²) in [6.45, 7) is 3.37. The van der Waals surface area contributed by atoms with Gasteiger partial charge in [0.2, 0.25) is 0 Å². The van der Waals surface area contributed by atoms with Gasteiger partial charge in [-0.15, -0.1) is 0 Å². The summed E-state index contributed by atoms with van der Waals surface area (Å²) in [4.78, 5) is 21.9. The highest BCUT2D eigenvalue weighted by Gasteiger charge is 2.29. The Bertz CT molecular complexity index is 408. The first-order valence-corrected chi connectivity index (χ1v) is 5.43. The van der Waals surface area contributed by atoms with Crippen LogP contribution in [-0.4, -0.2) is 22.2 Å². The number of benzene rings is 1. The maximum Gasteiger partial charge on any atom is 0.307 e. The number of rotatable bonds is 5. The van der Waals surface area contributed by atoms with E-state index in [2.05, 4.69) is 0 Å². The molecule has 0 spiro atoms. The molecule has 0 saturated carbocycles. The van der Waals surface area contributed by atoms with Crippen LogP contribution in [0.15, 0.2) is 24.3 Å². The Morgan fingerprint density at radius 3 is 2.06 bits per heavy atom. The molecule has 4 nitrogen and oxygen atoms in total. The van der Waals surface area contributed by atoms with Crippen LogP contribution in [0.5, 0.6) is 0 Å². The summed E-state index contributed by atoms with van der Waals surface area (Å²) in [7, 11) is 0. The van der Waals surface area contributed by atoms with Gasteiger partial charge < -0.3 is 10.2 Å². The molecule has 1 aromatic carbocycles. The second-order valence-electron chi connectivity index (χ2n) is 4.26. The van der Waals surface area contributed by atoms with E-state index in [0.29, 0.717) is 0 Å². The molecule has 0 fully saturated rings. The number of hydrogen-bond acceptors (Lipinski definition) is 2. The molecule has 0 saturated heterocycles. The van der Waals surface area contributed by atoms with E-state index in [9.17, 15) is 9.59 Å². The normalized spacial score (nSPS) is 14.0. The number of carboxylic acid groups (broad SMARTS) is 2. The summed E-state index contributed by atoms with van der Waals surface area (Å²) in [6, 6.07) is 7.44. The molecule has 1 aromatic rings. The van der Waals surface area contributed by atoms with Crippen LogP contribution < -0.4 is 0 Å². The van der Waals surface area contributed by atoms with Crippen molar-refractivity contribution in [2.24, 2.45) is 11.8 Å². The van der Waals surface area contributed by atoms with Gasteiger partial charge in [-0.3, -0.25) is 9.59 Å². The summed E-state index contributed by atoms with van der Waals surface area (Å²) in [5.41, 5.74) is 1.93. The predicted octanol–water partition coefficient (Wildman–Crippen LogP) is 1.96. The van der Waals surface area contributed by atoms with Crippen molar-refractivity contribution in [3.05, 3.63) is 35.4 Å². The van der Waals surface area contributed by atoms with Crippen LogP contribution in [0.25, 0.3) is 0 Å². The van der Waals surface area contributed by atoms with Crippen molar-refractivity contribution in [2.45, 2.75) is 20.3 Å². The number of hydrogen-bond donors (Lipinski definition) is 2. The lowest BCUT2D eigenvalue weighted by atomic mass is 9.88. The van der Waals surface area contributed by atoms with Gasteiger partial charge in [0.15, 0.2) is 0 Å². The van der Waals surface area contributed by atoms with Crippen molar-refractivity contribution >= 4 is 11.9 Å². The van der Waals surface area contributed by atoms with Crippen molar-refractivity contribution in [2.75, 3.05) is 0 Å². The fourth-order valence-electron chi connectivity index (χ4n) is 1.63. The molecule has 0 heterocycles. The molecule has 17 heavy (non-hydrogen) atoms. The number of aliphatic carboxylic acids is 2. The van der Waals surface area contributed by atoms with Crippen molar-refractivity contribution in [1.82, 2.24) is 0 Å². The first-order valence-electron chi connectivity index (χ1n) is 5.43. The lowest BCUT2D eigenvalue weighted by molar-refractivity contribution is -0.152. The van der Waals surface area contributed by atoms with Gasteiger partial charge in [0.25, 0.3) is 0 Å². The predicted molar refractivity (Wildman–Crippen MR) is 62.8 cm³/mol. The topological polar surface area (TPSA) is 74.6 Å². The number of carbonyl (C=O) groups is 2. The zero-order valence-electron chi connectivity index (χ0n) is 9.88. The van der Waals surface area contributed by atoms with Crippen molar-refractivity contribution in [1.29, 1.82) is 0 Å². The largest absolute Gasteiger partial charge is 0.481 e. The van der Waals surface area contributed by atoms with Crippen LogP contribution in [0.1, 0.15) is 18.1 Å². The number of carboxylic acids is 2. The van der Waals surface area contributed by atoms with E-state index < -0.39 is 23.8 Å². The Morgan fingerprint density at radius 2 is 1.65 bits per heavy atom. The second kappa shape index (κ2) is 5.48. The summed E-state index contributed by atoms with van der Waals surface area (Å²) in [6.07, 6.45) is 0.239. The highest BCUT2D eigenvalue weighted by Crippen LogP contribution is 2.18. The first kappa shape index (κ1) is 13.2. The Kier molecular flexibility index (Phi) is 4.26. The molecule has 92 valence electrons. The van der Waals surface area contributed by atoms with Crippen molar-refractivity contribution in [3.63, 3.8) is 0 Å². The lowest BCUT2D eigenvalue weighted by Gasteiger charge is -2.16. The molecule has 0 aliphatic rings. The highest BCUT2D eigenvalue weighted by atomic mass is 16.4. The Morgan fingerprint density at radius 1 is 1.12 bits per heavy atom. The number of aryl methyl sites for hydroxylation is 1. The third-order valence-corrected chi connectivity index (χ3v) is 2.89. The van der Waals surface area contributed by atoms with Crippen LogP contribution in [0.3, 0.4) is 0 Å². The SMILES string of the molecule is Cc1ccc(CC(C(=O)O)C(C)C(=O)O)cc1. The Labute approximate surface area is 99.9 Å². The lowest BCUT2D eigenvalue weighted by Crippen LogP contribution is -2.29. The third kappa shape index (κ3) is 3.59. The van der Waals surface area contributed by atoms with E-state index in [0.717, 1.165) is 11.1 Å². The summed E-state index contributed by atoms with van der Waals surface area (Å²) in [5, 5.41) is 17.9. The van der Waals surface area contributed by atoms with Crippen LogP contribution in [-0.2, 0) is 16.0 Å². The first-order chi connectivity index (χ1) is 7.91. The van der Waals surface area contributed by atoms with E-state index in [-0.39, 0.29) is 6.42 Å². The maximum atomic E-state index is 11.1. The average molecular weight is 236 g/mol. The highest BCUT2D eigenvalue weighted by molar-refractivity contribution is 5.79. The minimum atomic E-state index is -1.08. The molecule has 0 aromatic heterocycles. The van der Waals surface area contributed by atoms with Crippen molar-refractivity contribution in [3.8, 4) is 0 Å². The van der Waals surface area contributed by atoms with Gasteiger partial charge in [0, 0.05) is 0 Å². The molecule has 2 atom stereocenters. The molecule has 0 aliphatic heterocycles. The van der Waals surface area contributed by atoms with E-state index in [1.54, 1.807) is 0 Å². The summed E-state index contributed by atoms with van der Waals surface area (Å²) in [5.74, 6) is -3.94. The molecular weight excluding hydrogens is 220 g/mol. The van der Waals surface area contributed by atoms with Crippen LogP contribution in [0.4, 0.5) is 0 Å². The molecular formula is C13H16O4. The van der Waals surface area contributed by atoms with Crippen LogP contribution in [0, 0.1) is 18.8 Å². The molecule has 2 unspecified atom stereocenters. The van der Waals surface area contributed by atoms with E-state index in [1.807, 2.05) is 31.2 Å². The van der Waals surface area contributed by atoms with Gasteiger partial charge >= 0.3 is 11.9 Å². The zero-order valence-corrected chi connectivity index (χ0v) is 9.88. The van der Waals surface area contributed by atoms with Crippen LogP contribution in [0.2, 0.25) is 0 Å². The Balaban J connectivity index is 2.84. The van der Waals surface area contributed by atoms with E-state index >= 15 is 0 Å². The molecule has 0 bridgehead atoms. The monoisotopic (exact) mass is 236 g/mol. The van der Waals surface area contributed by atoms with E-state index in [4.69, 9.17) is 10.2 Å².